The van der Waals surface area contributed by atoms with E-state index >= 15 is 0 Å². The fraction of sp³-hybridized carbons (Fsp3) is 0.308. The van der Waals surface area contributed by atoms with E-state index < -0.39 is 0 Å². The molecule has 0 N–H and O–H groups in total. The van der Waals surface area contributed by atoms with Gasteiger partial charge in [0.25, 0.3) is 0 Å². The molecule has 18 heavy (non-hydrogen) atoms. The molecule has 0 fully saturated rings. The van der Waals surface area contributed by atoms with Crippen molar-refractivity contribution in [2.75, 3.05) is 21.3 Å². The highest BCUT2D eigenvalue weighted by molar-refractivity contribution is 7.07. The lowest BCUT2D eigenvalue weighted by atomic mass is 10.1. The second kappa shape index (κ2) is 5.27. The van der Waals surface area contributed by atoms with Gasteiger partial charge in [0.2, 0.25) is 0 Å². The molecule has 1 aromatic heterocycles. The first-order chi connectivity index (χ1) is 8.71. The van der Waals surface area contributed by atoms with Gasteiger partial charge in [-0.05, 0) is 18.2 Å². The monoisotopic (exact) mass is 264 g/mol. The largest absolute Gasteiger partial charge is 0.493 e. The topological polar surface area (TPSA) is 35.8 Å². The molecule has 1 aromatic carbocycles. The summed E-state index contributed by atoms with van der Waals surface area (Å²) < 4.78 is 12.6. The lowest BCUT2D eigenvalue weighted by molar-refractivity contribution is 0.355. The fourth-order valence-electron chi connectivity index (χ4n) is 1.83. The van der Waals surface area contributed by atoms with E-state index in [9.17, 15) is 0 Å². The molecule has 0 unspecified atom stereocenters. The van der Waals surface area contributed by atoms with Crippen LogP contribution in [0.25, 0.3) is 11.3 Å². The standard InChI is InChI=1S/C13H16N2O2S/c1-14-13-15(2)10(8-18-13)9-5-6-11(16-3)12(7-9)17-4/h5-8H,1-4H3. The minimum atomic E-state index is 0.733. The van der Waals surface area contributed by atoms with Crippen molar-refractivity contribution >= 4 is 11.3 Å². The van der Waals surface area contributed by atoms with Crippen LogP contribution < -0.4 is 14.3 Å². The van der Waals surface area contributed by atoms with Crippen LogP contribution >= 0.6 is 11.3 Å². The van der Waals surface area contributed by atoms with Crippen LogP contribution in [0.2, 0.25) is 0 Å². The molecule has 0 bridgehead atoms. The number of thiazole rings is 1. The quantitative estimate of drug-likeness (QED) is 0.852. The van der Waals surface area contributed by atoms with E-state index in [4.69, 9.17) is 9.47 Å². The summed E-state index contributed by atoms with van der Waals surface area (Å²) in [5.74, 6) is 1.47. The third-order valence-corrected chi connectivity index (χ3v) is 3.80. The van der Waals surface area contributed by atoms with Gasteiger partial charge >= 0.3 is 0 Å². The first kappa shape index (κ1) is 12.7. The van der Waals surface area contributed by atoms with Crippen molar-refractivity contribution in [2.24, 2.45) is 12.0 Å². The predicted molar refractivity (Wildman–Crippen MR) is 73.3 cm³/mol. The van der Waals surface area contributed by atoms with Crippen molar-refractivity contribution in [2.45, 2.75) is 0 Å². The summed E-state index contributed by atoms with van der Waals surface area (Å²) in [4.78, 5) is 5.20. The first-order valence-electron chi connectivity index (χ1n) is 5.51. The zero-order chi connectivity index (χ0) is 13.1. The molecule has 2 rings (SSSR count). The molecule has 0 spiro atoms. The van der Waals surface area contributed by atoms with Gasteiger partial charge in [0.15, 0.2) is 16.3 Å². The Morgan fingerprint density at radius 1 is 1.17 bits per heavy atom. The zero-order valence-electron chi connectivity index (χ0n) is 10.9. The van der Waals surface area contributed by atoms with Crippen LogP contribution in [-0.2, 0) is 7.05 Å². The van der Waals surface area contributed by atoms with E-state index in [2.05, 4.69) is 14.9 Å². The summed E-state index contributed by atoms with van der Waals surface area (Å²) in [5.41, 5.74) is 2.20. The predicted octanol–water partition coefficient (Wildman–Crippen LogP) is 2.30. The Morgan fingerprint density at radius 3 is 2.44 bits per heavy atom. The van der Waals surface area contributed by atoms with Crippen LogP contribution in [0, 0.1) is 0 Å². The van der Waals surface area contributed by atoms with Crippen molar-refractivity contribution in [3.63, 3.8) is 0 Å². The van der Waals surface area contributed by atoms with Crippen LogP contribution in [0.3, 0.4) is 0 Å². The minimum Gasteiger partial charge on any atom is -0.493 e. The molecule has 0 saturated carbocycles. The maximum Gasteiger partial charge on any atom is 0.184 e. The molecule has 0 amide bonds. The molecule has 0 aliphatic carbocycles. The molecular formula is C13H16N2O2S. The third kappa shape index (κ3) is 2.13. The number of methoxy groups -OCH3 is 2. The van der Waals surface area contributed by atoms with Gasteiger partial charge in [-0.25, -0.2) is 0 Å². The molecule has 1 heterocycles. The van der Waals surface area contributed by atoms with E-state index in [-0.39, 0.29) is 0 Å². The smallest absolute Gasteiger partial charge is 0.184 e. The summed E-state index contributed by atoms with van der Waals surface area (Å²) in [6, 6.07) is 5.90. The van der Waals surface area contributed by atoms with E-state index in [1.807, 2.05) is 25.2 Å². The highest BCUT2D eigenvalue weighted by Gasteiger charge is 2.09. The number of rotatable bonds is 3. The maximum atomic E-state index is 5.32. The number of benzene rings is 1. The van der Waals surface area contributed by atoms with Gasteiger partial charge in [-0.3, -0.25) is 4.99 Å². The molecular weight excluding hydrogens is 248 g/mol. The molecule has 4 nitrogen and oxygen atoms in total. The lowest BCUT2D eigenvalue weighted by Gasteiger charge is -2.09. The van der Waals surface area contributed by atoms with Crippen molar-refractivity contribution in [1.29, 1.82) is 0 Å². The lowest BCUT2D eigenvalue weighted by Crippen LogP contribution is -2.10. The van der Waals surface area contributed by atoms with Crippen LogP contribution in [0.5, 0.6) is 11.5 Å². The van der Waals surface area contributed by atoms with Crippen molar-refractivity contribution in [1.82, 2.24) is 4.57 Å². The van der Waals surface area contributed by atoms with Gasteiger partial charge < -0.3 is 14.0 Å². The van der Waals surface area contributed by atoms with Crippen molar-refractivity contribution < 1.29 is 9.47 Å². The molecule has 0 saturated heterocycles. The SMILES string of the molecule is CN=c1scc(-c2ccc(OC)c(OC)c2)n1C. The van der Waals surface area contributed by atoms with E-state index in [1.165, 1.54) is 0 Å². The molecule has 0 radical (unpaired) electrons. The Balaban J connectivity index is 2.54. The van der Waals surface area contributed by atoms with Gasteiger partial charge in [-0.1, -0.05) is 0 Å². The Hall–Kier alpha value is -1.75. The van der Waals surface area contributed by atoms with Gasteiger partial charge in [-0.2, -0.15) is 0 Å². The zero-order valence-corrected chi connectivity index (χ0v) is 11.7. The number of ether oxygens (including phenoxy) is 2. The molecule has 0 atom stereocenters. The second-order valence-electron chi connectivity index (χ2n) is 3.76. The average Bonchev–Trinajstić information content (AvgIpc) is 2.79. The highest BCUT2D eigenvalue weighted by Crippen LogP contribution is 2.32. The van der Waals surface area contributed by atoms with Crippen LogP contribution in [0.4, 0.5) is 0 Å². The number of aromatic nitrogens is 1. The first-order valence-corrected chi connectivity index (χ1v) is 6.39. The van der Waals surface area contributed by atoms with Crippen LogP contribution in [-0.4, -0.2) is 25.8 Å². The van der Waals surface area contributed by atoms with Gasteiger partial charge in [0.1, 0.15) is 0 Å². The van der Waals surface area contributed by atoms with E-state index in [1.54, 1.807) is 32.6 Å². The summed E-state index contributed by atoms with van der Waals surface area (Å²) in [6.45, 7) is 0. The van der Waals surface area contributed by atoms with Gasteiger partial charge in [0, 0.05) is 25.0 Å². The summed E-state index contributed by atoms with van der Waals surface area (Å²) in [5, 5.41) is 2.09. The van der Waals surface area contributed by atoms with E-state index in [0.29, 0.717) is 0 Å². The van der Waals surface area contributed by atoms with Gasteiger partial charge in [0.05, 0.1) is 19.9 Å². The number of hydrogen-bond acceptors (Lipinski definition) is 4. The van der Waals surface area contributed by atoms with Crippen LogP contribution in [0.1, 0.15) is 0 Å². The second-order valence-corrected chi connectivity index (χ2v) is 4.59. The summed E-state index contributed by atoms with van der Waals surface area (Å²) in [7, 11) is 7.08. The number of hydrogen-bond donors (Lipinski definition) is 0. The van der Waals surface area contributed by atoms with Crippen LogP contribution in [0.15, 0.2) is 28.6 Å². The Labute approximate surface area is 110 Å². The summed E-state index contributed by atoms with van der Waals surface area (Å²) in [6.07, 6.45) is 0. The summed E-state index contributed by atoms with van der Waals surface area (Å²) >= 11 is 1.62. The highest BCUT2D eigenvalue weighted by atomic mass is 32.1. The Kier molecular flexibility index (Phi) is 3.72. The maximum absolute atomic E-state index is 5.32. The molecule has 0 aliphatic heterocycles. The normalized spacial score (nSPS) is 11.7. The Bertz CT molecular complexity index is 614. The van der Waals surface area contributed by atoms with Gasteiger partial charge in [-0.15, -0.1) is 11.3 Å². The minimum absolute atomic E-state index is 0.733. The van der Waals surface area contributed by atoms with E-state index in [0.717, 1.165) is 27.6 Å². The average molecular weight is 264 g/mol. The molecule has 2 aromatic rings. The number of nitrogens with zero attached hydrogens (tertiary/aromatic N) is 2. The van der Waals surface area contributed by atoms with Crippen molar-refractivity contribution in [3.05, 3.63) is 28.4 Å². The molecule has 96 valence electrons. The van der Waals surface area contributed by atoms with Crippen molar-refractivity contribution in [3.8, 4) is 22.8 Å². The molecule has 5 heteroatoms. The fourth-order valence-corrected chi connectivity index (χ4v) is 2.70. The third-order valence-electron chi connectivity index (χ3n) is 2.79. The Morgan fingerprint density at radius 2 is 1.89 bits per heavy atom. The molecule has 0 aliphatic rings.